The molecule has 100 valence electrons. The maximum atomic E-state index is 12.4. The van der Waals surface area contributed by atoms with E-state index in [9.17, 15) is 4.79 Å². The van der Waals surface area contributed by atoms with Gasteiger partial charge in [-0.25, -0.2) is 0 Å². The van der Waals surface area contributed by atoms with Crippen molar-refractivity contribution in [2.75, 3.05) is 12.8 Å². The first-order chi connectivity index (χ1) is 8.49. The summed E-state index contributed by atoms with van der Waals surface area (Å²) >= 11 is 1.50. The summed E-state index contributed by atoms with van der Waals surface area (Å²) in [6, 6.07) is 2.20. The van der Waals surface area contributed by atoms with Gasteiger partial charge in [-0.2, -0.15) is 0 Å². The Hall–Kier alpha value is -1.03. The van der Waals surface area contributed by atoms with Crippen LogP contribution in [0.4, 0.5) is 5.69 Å². The van der Waals surface area contributed by atoms with Crippen LogP contribution in [0.1, 0.15) is 47.2 Å². The zero-order valence-electron chi connectivity index (χ0n) is 11.4. The number of anilines is 1. The Morgan fingerprint density at radius 2 is 2.22 bits per heavy atom. The fraction of sp³-hybridized carbons (Fsp3) is 0.643. The van der Waals surface area contributed by atoms with Crippen LogP contribution in [-0.4, -0.2) is 23.9 Å². The molecule has 1 aromatic rings. The fourth-order valence-corrected chi connectivity index (χ4v) is 3.62. The lowest BCUT2D eigenvalue weighted by Crippen LogP contribution is -2.39. The smallest absolute Gasteiger partial charge is 0.263 e. The second-order valence-corrected chi connectivity index (χ2v) is 6.72. The van der Waals surface area contributed by atoms with Gasteiger partial charge in [0, 0.05) is 23.7 Å². The van der Waals surface area contributed by atoms with Crippen molar-refractivity contribution in [2.24, 2.45) is 5.92 Å². The third-order valence-corrected chi connectivity index (χ3v) is 5.00. The lowest BCUT2D eigenvalue weighted by atomic mass is 9.86. The van der Waals surface area contributed by atoms with Gasteiger partial charge in [0.15, 0.2) is 0 Å². The molecular weight excluding hydrogens is 244 g/mol. The highest BCUT2D eigenvalue weighted by atomic mass is 32.1. The Balaban J connectivity index is 2.08. The summed E-state index contributed by atoms with van der Waals surface area (Å²) in [5, 5.41) is 0. The standard InChI is InChI=1S/C14H22N2OS/c1-9-5-4-6-11(7-9)16(3)14(17)13-8-12(15)10(2)18-13/h8-9,11H,4-7,15H2,1-3H3. The number of thiophene rings is 1. The predicted octanol–water partition coefficient (Wildman–Crippen LogP) is 3.29. The molecule has 0 aliphatic heterocycles. The molecule has 0 saturated heterocycles. The molecule has 18 heavy (non-hydrogen) atoms. The van der Waals surface area contributed by atoms with Gasteiger partial charge in [0.05, 0.1) is 4.88 Å². The van der Waals surface area contributed by atoms with Gasteiger partial charge in [0.2, 0.25) is 0 Å². The second kappa shape index (κ2) is 5.31. The van der Waals surface area contributed by atoms with Crippen molar-refractivity contribution < 1.29 is 4.79 Å². The van der Waals surface area contributed by atoms with E-state index >= 15 is 0 Å². The van der Waals surface area contributed by atoms with E-state index in [0.717, 1.165) is 34.2 Å². The van der Waals surface area contributed by atoms with Crippen LogP contribution in [-0.2, 0) is 0 Å². The molecule has 4 heteroatoms. The number of nitrogens with zero attached hydrogens (tertiary/aromatic N) is 1. The summed E-state index contributed by atoms with van der Waals surface area (Å²) in [5.74, 6) is 0.855. The van der Waals surface area contributed by atoms with E-state index in [2.05, 4.69) is 6.92 Å². The average Bonchev–Trinajstić information content (AvgIpc) is 2.68. The van der Waals surface area contributed by atoms with Crippen LogP contribution < -0.4 is 5.73 Å². The minimum Gasteiger partial charge on any atom is -0.398 e. The number of carbonyl (C=O) groups excluding carboxylic acids is 1. The third kappa shape index (κ3) is 2.69. The lowest BCUT2D eigenvalue weighted by molar-refractivity contribution is 0.0677. The van der Waals surface area contributed by atoms with Crippen molar-refractivity contribution in [1.29, 1.82) is 0 Å². The van der Waals surface area contributed by atoms with Crippen molar-refractivity contribution in [3.05, 3.63) is 15.8 Å². The summed E-state index contributed by atoms with van der Waals surface area (Å²) in [5.41, 5.74) is 6.55. The molecular formula is C14H22N2OS. The summed E-state index contributed by atoms with van der Waals surface area (Å²) in [4.78, 5) is 16.1. The molecule has 1 amide bonds. The molecule has 1 saturated carbocycles. The maximum absolute atomic E-state index is 12.4. The lowest BCUT2D eigenvalue weighted by Gasteiger charge is -2.33. The SMILES string of the molecule is Cc1sc(C(=O)N(C)C2CCCC(C)C2)cc1N. The Bertz CT molecular complexity index is 422. The van der Waals surface area contributed by atoms with E-state index in [0.29, 0.717) is 6.04 Å². The first-order valence-electron chi connectivity index (χ1n) is 6.62. The summed E-state index contributed by atoms with van der Waals surface area (Å²) in [6.45, 7) is 4.23. The van der Waals surface area contributed by atoms with Gasteiger partial charge >= 0.3 is 0 Å². The summed E-state index contributed by atoms with van der Waals surface area (Å²) in [6.07, 6.45) is 4.78. The third-order valence-electron chi connectivity index (χ3n) is 3.94. The quantitative estimate of drug-likeness (QED) is 0.893. The molecule has 0 spiro atoms. The molecule has 0 bridgehead atoms. The van der Waals surface area contributed by atoms with E-state index in [-0.39, 0.29) is 5.91 Å². The number of rotatable bonds is 2. The normalized spacial score (nSPS) is 23.9. The van der Waals surface area contributed by atoms with Gasteiger partial charge in [-0.3, -0.25) is 4.79 Å². The van der Waals surface area contributed by atoms with Crippen LogP contribution in [0.2, 0.25) is 0 Å². The summed E-state index contributed by atoms with van der Waals surface area (Å²) in [7, 11) is 1.93. The largest absolute Gasteiger partial charge is 0.398 e. The molecule has 2 atom stereocenters. The zero-order valence-corrected chi connectivity index (χ0v) is 12.2. The van der Waals surface area contributed by atoms with Crippen LogP contribution in [0.15, 0.2) is 6.07 Å². The predicted molar refractivity (Wildman–Crippen MR) is 77.0 cm³/mol. The van der Waals surface area contributed by atoms with Gasteiger partial charge in [0.1, 0.15) is 0 Å². The highest BCUT2D eigenvalue weighted by Crippen LogP contribution is 2.29. The summed E-state index contributed by atoms with van der Waals surface area (Å²) < 4.78 is 0. The molecule has 1 heterocycles. The van der Waals surface area contributed by atoms with E-state index in [4.69, 9.17) is 5.73 Å². The van der Waals surface area contributed by atoms with Crippen LogP contribution >= 0.6 is 11.3 Å². The minimum atomic E-state index is 0.124. The van der Waals surface area contributed by atoms with Crippen molar-refractivity contribution in [3.63, 3.8) is 0 Å². The molecule has 3 nitrogen and oxygen atoms in total. The topological polar surface area (TPSA) is 46.3 Å². The van der Waals surface area contributed by atoms with E-state index < -0.39 is 0 Å². The average molecular weight is 266 g/mol. The number of carbonyl (C=O) groups is 1. The fourth-order valence-electron chi connectivity index (χ4n) is 2.70. The van der Waals surface area contributed by atoms with Crippen molar-refractivity contribution >= 4 is 22.9 Å². The highest BCUT2D eigenvalue weighted by molar-refractivity contribution is 7.14. The van der Waals surface area contributed by atoms with Crippen molar-refractivity contribution in [1.82, 2.24) is 4.90 Å². The van der Waals surface area contributed by atoms with Gasteiger partial charge in [0.25, 0.3) is 5.91 Å². The molecule has 2 N–H and O–H groups in total. The molecule has 1 aromatic heterocycles. The number of nitrogens with two attached hydrogens (primary N) is 1. The Morgan fingerprint density at radius 1 is 1.50 bits per heavy atom. The minimum absolute atomic E-state index is 0.124. The van der Waals surface area contributed by atoms with Crippen molar-refractivity contribution in [2.45, 2.75) is 45.6 Å². The number of hydrogen-bond acceptors (Lipinski definition) is 3. The first kappa shape index (κ1) is 13.4. The molecule has 1 fully saturated rings. The van der Waals surface area contributed by atoms with Gasteiger partial charge in [-0.1, -0.05) is 19.8 Å². The monoisotopic (exact) mass is 266 g/mol. The molecule has 1 aliphatic carbocycles. The van der Waals surface area contributed by atoms with Gasteiger partial charge in [-0.15, -0.1) is 11.3 Å². The Morgan fingerprint density at radius 3 is 2.78 bits per heavy atom. The van der Waals surface area contributed by atoms with E-state index in [1.807, 2.05) is 24.9 Å². The van der Waals surface area contributed by atoms with Crippen molar-refractivity contribution in [3.8, 4) is 0 Å². The molecule has 2 unspecified atom stereocenters. The molecule has 2 rings (SSSR count). The first-order valence-corrected chi connectivity index (χ1v) is 7.43. The highest BCUT2D eigenvalue weighted by Gasteiger charge is 2.26. The molecule has 1 aliphatic rings. The van der Waals surface area contributed by atoms with Crippen LogP contribution in [0.25, 0.3) is 0 Å². The van der Waals surface area contributed by atoms with Crippen LogP contribution in [0, 0.1) is 12.8 Å². The molecule has 0 radical (unpaired) electrons. The van der Waals surface area contributed by atoms with Gasteiger partial charge < -0.3 is 10.6 Å². The van der Waals surface area contributed by atoms with Crippen LogP contribution in [0.3, 0.4) is 0 Å². The van der Waals surface area contributed by atoms with Crippen LogP contribution in [0.5, 0.6) is 0 Å². The molecule has 0 aromatic carbocycles. The number of hydrogen-bond donors (Lipinski definition) is 1. The Labute approximate surface area is 113 Å². The zero-order chi connectivity index (χ0) is 13.3. The Kier molecular flexibility index (Phi) is 3.95. The van der Waals surface area contributed by atoms with E-state index in [1.54, 1.807) is 0 Å². The number of aryl methyl sites for hydroxylation is 1. The second-order valence-electron chi connectivity index (χ2n) is 5.46. The van der Waals surface area contributed by atoms with Gasteiger partial charge in [-0.05, 0) is 31.7 Å². The number of nitrogen functional groups attached to an aromatic ring is 1. The van der Waals surface area contributed by atoms with E-state index in [1.165, 1.54) is 24.2 Å². The number of amides is 1. The maximum Gasteiger partial charge on any atom is 0.263 e.